The summed E-state index contributed by atoms with van der Waals surface area (Å²) in [4.78, 5) is 16.0. The Labute approximate surface area is 149 Å². The van der Waals surface area contributed by atoms with Gasteiger partial charge < -0.3 is 15.5 Å². The number of anilines is 1. The molecular weight excluding hydrogens is 340 g/mol. The summed E-state index contributed by atoms with van der Waals surface area (Å²) in [5, 5.41) is 23.4. The van der Waals surface area contributed by atoms with E-state index in [2.05, 4.69) is 10.3 Å². The van der Waals surface area contributed by atoms with Crippen LogP contribution in [0.2, 0.25) is 5.02 Å². The molecule has 3 N–H and O–H groups in total. The van der Waals surface area contributed by atoms with Crippen LogP contribution in [0.5, 0.6) is 0 Å². The van der Waals surface area contributed by atoms with Crippen LogP contribution in [0.1, 0.15) is 15.9 Å². The smallest absolute Gasteiger partial charge is 0.339 e. The van der Waals surface area contributed by atoms with Crippen LogP contribution in [0.25, 0.3) is 10.9 Å². The van der Waals surface area contributed by atoms with Crippen molar-refractivity contribution in [3.8, 4) is 0 Å². The van der Waals surface area contributed by atoms with Gasteiger partial charge in [-0.05, 0) is 36.2 Å². The molecule has 6 heteroatoms. The van der Waals surface area contributed by atoms with E-state index in [0.29, 0.717) is 22.3 Å². The zero-order chi connectivity index (χ0) is 17.8. The number of aliphatic hydroxyl groups excluding tert-OH is 1. The number of carbonyl (C=O) groups is 1. The highest BCUT2D eigenvalue weighted by molar-refractivity contribution is 6.31. The molecule has 0 unspecified atom stereocenters. The van der Waals surface area contributed by atoms with Crippen molar-refractivity contribution in [3.05, 3.63) is 70.7 Å². The van der Waals surface area contributed by atoms with Gasteiger partial charge in [0.25, 0.3) is 0 Å². The maximum absolute atomic E-state index is 11.6. The fourth-order valence-electron chi connectivity index (χ4n) is 2.67. The molecule has 0 bridgehead atoms. The lowest BCUT2D eigenvalue weighted by molar-refractivity contribution is 0.0697. The molecule has 1 heterocycles. The van der Waals surface area contributed by atoms with Gasteiger partial charge in [0.15, 0.2) is 0 Å². The molecule has 0 saturated heterocycles. The number of aliphatic hydroxyl groups is 1. The Morgan fingerprint density at radius 2 is 1.92 bits per heavy atom. The summed E-state index contributed by atoms with van der Waals surface area (Å²) in [7, 11) is 0. The molecule has 3 aromatic rings. The monoisotopic (exact) mass is 356 g/mol. The summed E-state index contributed by atoms with van der Waals surface area (Å²) < 4.78 is 0. The molecule has 128 valence electrons. The lowest BCUT2D eigenvalue weighted by Gasteiger charge is -2.19. The maximum atomic E-state index is 11.6. The summed E-state index contributed by atoms with van der Waals surface area (Å²) in [6.07, 6.45) is 0.552. The van der Waals surface area contributed by atoms with Gasteiger partial charge in [-0.1, -0.05) is 41.9 Å². The highest BCUT2D eigenvalue weighted by Crippen LogP contribution is 2.24. The molecule has 0 aliphatic carbocycles. The van der Waals surface area contributed by atoms with Crippen LogP contribution in [-0.4, -0.2) is 33.8 Å². The molecule has 0 fully saturated rings. The number of rotatable bonds is 6. The summed E-state index contributed by atoms with van der Waals surface area (Å²) in [5.41, 5.74) is 1.72. The number of hydrogen-bond donors (Lipinski definition) is 3. The Morgan fingerprint density at radius 1 is 1.16 bits per heavy atom. The van der Waals surface area contributed by atoms with Gasteiger partial charge in [-0.25, -0.2) is 9.78 Å². The second-order valence-corrected chi connectivity index (χ2v) is 6.18. The van der Waals surface area contributed by atoms with Crippen molar-refractivity contribution >= 4 is 34.3 Å². The molecule has 3 rings (SSSR count). The van der Waals surface area contributed by atoms with E-state index in [0.717, 1.165) is 5.56 Å². The zero-order valence-corrected chi connectivity index (χ0v) is 14.1. The van der Waals surface area contributed by atoms with Gasteiger partial charge in [0.05, 0.1) is 18.2 Å². The molecule has 1 aromatic heterocycles. The highest BCUT2D eigenvalue weighted by atomic mass is 35.5. The first-order valence-electron chi connectivity index (χ1n) is 7.81. The standard InChI is InChI=1S/C19H17ClN2O3/c20-14-6-7-17-13(9-14)10-16(19(24)25)18(22-17)21-15(11-23)8-12-4-2-1-3-5-12/h1-7,9-10,15,23H,8,11H2,(H,21,22)(H,24,25)/t15-/m0/s1. The van der Waals surface area contributed by atoms with Crippen LogP contribution in [0.4, 0.5) is 5.82 Å². The van der Waals surface area contributed by atoms with E-state index in [9.17, 15) is 15.0 Å². The van der Waals surface area contributed by atoms with Crippen molar-refractivity contribution < 1.29 is 15.0 Å². The van der Waals surface area contributed by atoms with E-state index in [4.69, 9.17) is 11.6 Å². The van der Waals surface area contributed by atoms with Crippen molar-refractivity contribution in [3.63, 3.8) is 0 Å². The Kier molecular flexibility index (Phi) is 5.16. The SMILES string of the molecule is O=C(O)c1cc2cc(Cl)ccc2nc1N[C@H](CO)Cc1ccccc1. The fourth-order valence-corrected chi connectivity index (χ4v) is 2.85. The minimum atomic E-state index is -1.09. The second kappa shape index (κ2) is 7.51. The predicted octanol–water partition coefficient (Wildman–Crippen LogP) is 3.60. The van der Waals surface area contributed by atoms with Gasteiger partial charge in [0.2, 0.25) is 0 Å². The molecule has 0 aliphatic heterocycles. The van der Waals surface area contributed by atoms with E-state index in [-0.39, 0.29) is 24.0 Å². The van der Waals surface area contributed by atoms with Crippen LogP contribution < -0.4 is 5.32 Å². The molecule has 0 amide bonds. The lowest BCUT2D eigenvalue weighted by atomic mass is 10.1. The van der Waals surface area contributed by atoms with Crippen molar-refractivity contribution in [1.82, 2.24) is 4.98 Å². The van der Waals surface area contributed by atoms with Gasteiger partial charge >= 0.3 is 5.97 Å². The number of aromatic carboxylic acids is 1. The Hall–Kier alpha value is -2.63. The molecule has 1 atom stereocenters. The van der Waals surface area contributed by atoms with E-state index < -0.39 is 5.97 Å². The first-order chi connectivity index (χ1) is 12.1. The van der Waals surface area contributed by atoms with Crippen LogP contribution >= 0.6 is 11.6 Å². The average Bonchev–Trinajstić information content (AvgIpc) is 2.61. The molecule has 25 heavy (non-hydrogen) atoms. The number of aromatic nitrogens is 1. The van der Waals surface area contributed by atoms with Gasteiger partial charge in [-0.3, -0.25) is 0 Å². The van der Waals surface area contributed by atoms with Gasteiger partial charge in [0.1, 0.15) is 11.4 Å². The molecule has 5 nitrogen and oxygen atoms in total. The molecule has 0 radical (unpaired) electrons. The number of nitrogens with zero attached hydrogens (tertiary/aromatic N) is 1. The first-order valence-corrected chi connectivity index (χ1v) is 8.19. The molecule has 2 aromatic carbocycles. The van der Waals surface area contributed by atoms with Crippen molar-refractivity contribution in [2.24, 2.45) is 0 Å². The number of benzene rings is 2. The topological polar surface area (TPSA) is 82.5 Å². The third kappa shape index (κ3) is 4.07. The molecule has 0 spiro atoms. The van der Waals surface area contributed by atoms with Crippen LogP contribution in [0, 0.1) is 0 Å². The Bertz CT molecular complexity index is 900. The van der Waals surface area contributed by atoms with Crippen LogP contribution in [0.15, 0.2) is 54.6 Å². The Balaban J connectivity index is 1.94. The minimum Gasteiger partial charge on any atom is -0.478 e. The predicted molar refractivity (Wildman–Crippen MR) is 98.4 cm³/mol. The number of fused-ring (bicyclic) bond motifs is 1. The molecule has 0 aliphatic rings. The van der Waals surface area contributed by atoms with Crippen LogP contribution in [0.3, 0.4) is 0 Å². The lowest BCUT2D eigenvalue weighted by Crippen LogP contribution is -2.28. The van der Waals surface area contributed by atoms with Gasteiger partial charge in [-0.2, -0.15) is 0 Å². The summed E-state index contributed by atoms with van der Waals surface area (Å²) in [6, 6.07) is 16.0. The third-order valence-corrected chi connectivity index (χ3v) is 4.13. The summed E-state index contributed by atoms with van der Waals surface area (Å²) in [6.45, 7) is -0.145. The maximum Gasteiger partial charge on any atom is 0.339 e. The number of carboxylic acids is 1. The molecular formula is C19H17ClN2O3. The average molecular weight is 357 g/mol. The highest BCUT2D eigenvalue weighted by Gasteiger charge is 2.17. The van der Waals surface area contributed by atoms with Crippen molar-refractivity contribution in [2.45, 2.75) is 12.5 Å². The minimum absolute atomic E-state index is 0.0429. The summed E-state index contributed by atoms with van der Waals surface area (Å²) >= 11 is 5.96. The first kappa shape index (κ1) is 17.2. The van der Waals surface area contributed by atoms with E-state index in [1.807, 2.05) is 30.3 Å². The summed E-state index contributed by atoms with van der Waals surface area (Å²) in [5.74, 6) is -0.856. The fraction of sp³-hybridized carbons (Fsp3) is 0.158. The quantitative estimate of drug-likeness (QED) is 0.628. The van der Waals surface area contributed by atoms with Crippen LogP contribution in [-0.2, 0) is 6.42 Å². The molecule has 0 saturated carbocycles. The number of nitrogens with one attached hydrogen (secondary N) is 1. The largest absolute Gasteiger partial charge is 0.478 e. The normalized spacial score (nSPS) is 12.1. The van der Waals surface area contributed by atoms with Gasteiger partial charge in [-0.15, -0.1) is 0 Å². The number of carboxylic acid groups (broad SMARTS) is 1. The van der Waals surface area contributed by atoms with E-state index in [1.54, 1.807) is 18.2 Å². The number of hydrogen-bond acceptors (Lipinski definition) is 4. The third-order valence-electron chi connectivity index (χ3n) is 3.89. The second-order valence-electron chi connectivity index (χ2n) is 5.74. The zero-order valence-electron chi connectivity index (χ0n) is 13.3. The van der Waals surface area contributed by atoms with E-state index in [1.165, 1.54) is 6.07 Å². The van der Waals surface area contributed by atoms with Crippen molar-refractivity contribution in [2.75, 3.05) is 11.9 Å². The number of halogens is 1. The van der Waals surface area contributed by atoms with Gasteiger partial charge in [0, 0.05) is 10.4 Å². The van der Waals surface area contributed by atoms with E-state index >= 15 is 0 Å². The number of pyridine rings is 1. The van der Waals surface area contributed by atoms with Crippen molar-refractivity contribution in [1.29, 1.82) is 0 Å². The Morgan fingerprint density at radius 3 is 2.60 bits per heavy atom.